The molecule has 1 saturated heterocycles. The van der Waals surface area contributed by atoms with Crippen molar-refractivity contribution in [3.05, 3.63) is 64.6 Å². The lowest BCUT2D eigenvalue weighted by Gasteiger charge is -2.37. The normalized spacial score (nSPS) is 17.5. The number of amides is 2. The van der Waals surface area contributed by atoms with Gasteiger partial charge in [-0.25, -0.2) is 5.01 Å². The third-order valence-corrected chi connectivity index (χ3v) is 6.25. The summed E-state index contributed by atoms with van der Waals surface area (Å²) in [4.78, 5) is 29.6. The fourth-order valence-corrected chi connectivity index (χ4v) is 4.21. The molecule has 0 aliphatic carbocycles. The van der Waals surface area contributed by atoms with Crippen LogP contribution in [0.3, 0.4) is 0 Å². The van der Waals surface area contributed by atoms with E-state index >= 15 is 0 Å². The molecule has 0 bridgehead atoms. The SMILES string of the molecule is Cc1ccc(C)n1CCN1CCN(C(=O)C2=CCC(=O)N(c3ccc(Cl)cc3)N2)CC1. The predicted molar refractivity (Wildman–Crippen MR) is 122 cm³/mol. The first-order valence-electron chi connectivity index (χ1n) is 10.6. The van der Waals surface area contributed by atoms with Crippen LogP contribution in [0.15, 0.2) is 48.2 Å². The van der Waals surface area contributed by atoms with E-state index < -0.39 is 0 Å². The van der Waals surface area contributed by atoms with Crippen molar-refractivity contribution >= 4 is 29.1 Å². The molecule has 2 amide bonds. The molecule has 0 unspecified atom stereocenters. The van der Waals surface area contributed by atoms with E-state index in [2.05, 4.69) is 40.9 Å². The van der Waals surface area contributed by atoms with Gasteiger partial charge in [0.15, 0.2) is 0 Å². The molecule has 1 aromatic heterocycles. The number of hydrogen-bond acceptors (Lipinski definition) is 4. The number of carbonyl (C=O) groups excluding carboxylic acids is 2. The number of rotatable bonds is 5. The van der Waals surface area contributed by atoms with E-state index in [1.165, 1.54) is 16.4 Å². The molecule has 164 valence electrons. The summed E-state index contributed by atoms with van der Waals surface area (Å²) >= 11 is 5.94. The molecule has 2 aliphatic rings. The van der Waals surface area contributed by atoms with Crippen molar-refractivity contribution in [3.8, 4) is 0 Å². The zero-order valence-corrected chi connectivity index (χ0v) is 18.7. The van der Waals surface area contributed by atoms with Crippen LogP contribution in [0.2, 0.25) is 5.02 Å². The lowest BCUT2D eigenvalue weighted by molar-refractivity contribution is -0.129. The number of hydrogen-bond donors (Lipinski definition) is 1. The summed E-state index contributed by atoms with van der Waals surface area (Å²) in [5, 5.41) is 2.02. The maximum absolute atomic E-state index is 13.0. The zero-order chi connectivity index (χ0) is 22.0. The molecule has 2 aliphatic heterocycles. The molecule has 8 heteroatoms. The van der Waals surface area contributed by atoms with Crippen LogP contribution in [0.1, 0.15) is 17.8 Å². The Kier molecular flexibility index (Phi) is 6.34. The highest BCUT2D eigenvalue weighted by Gasteiger charge is 2.28. The van der Waals surface area contributed by atoms with Crippen molar-refractivity contribution in [2.24, 2.45) is 0 Å². The van der Waals surface area contributed by atoms with Crippen molar-refractivity contribution in [1.29, 1.82) is 0 Å². The molecule has 0 saturated carbocycles. The Morgan fingerprint density at radius 3 is 2.26 bits per heavy atom. The molecule has 1 N–H and O–H groups in total. The quantitative estimate of drug-likeness (QED) is 0.775. The summed E-state index contributed by atoms with van der Waals surface area (Å²) in [6, 6.07) is 11.3. The first-order valence-corrected chi connectivity index (χ1v) is 11.0. The van der Waals surface area contributed by atoms with Gasteiger partial charge in [-0.05, 0) is 56.3 Å². The third-order valence-electron chi connectivity index (χ3n) is 5.99. The van der Waals surface area contributed by atoms with Gasteiger partial charge < -0.3 is 9.47 Å². The summed E-state index contributed by atoms with van der Waals surface area (Å²) < 4.78 is 2.33. The molecule has 1 fully saturated rings. The fraction of sp³-hybridized carbons (Fsp3) is 0.391. The second kappa shape index (κ2) is 9.16. The highest BCUT2D eigenvalue weighted by molar-refractivity contribution is 6.30. The van der Waals surface area contributed by atoms with Crippen molar-refractivity contribution in [2.45, 2.75) is 26.8 Å². The fourth-order valence-electron chi connectivity index (χ4n) is 4.08. The van der Waals surface area contributed by atoms with E-state index in [9.17, 15) is 9.59 Å². The van der Waals surface area contributed by atoms with E-state index in [1.54, 1.807) is 30.3 Å². The molecule has 2 aromatic rings. The number of halogens is 1. The maximum atomic E-state index is 13.0. The number of aromatic nitrogens is 1. The summed E-state index contributed by atoms with van der Waals surface area (Å²) in [7, 11) is 0. The third kappa shape index (κ3) is 4.78. The number of anilines is 1. The van der Waals surface area contributed by atoms with Gasteiger partial charge in [0.25, 0.3) is 5.91 Å². The lowest BCUT2D eigenvalue weighted by atomic mass is 10.2. The Morgan fingerprint density at radius 1 is 0.968 bits per heavy atom. The summed E-state index contributed by atoms with van der Waals surface area (Å²) in [6.07, 6.45) is 1.87. The zero-order valence-electron chi connectivity index (χ0n) is 18.0. The van der Waals surface area contributed by atoms with Crippen LogP contribution in [-0.4, -0.2) is 58.9 Å². The van der Waals surface area contributed by atoms with Crippen LogP contribution in [0, 0.1) is 13.8 Å². The number of aryl methyl sites for hydroxylation is 2. The molecule has 31 heavy (non-hydrogen) atoms. The van der Waals surface area contributed by atoms with Gasteiger partial charge in [-0.15, -0.1) is 0 Å². The standard InChI is InChI=1S/C23H28ClN5O2/c1-17-3-4-18(2)28(17)16-13-26-11-14-27(15-12-26)23(31)21-9-10-22(30)29(25-21)20-7-5-19(24)6-8-20/h3-9,25H,10-16H2,1-2H3. The number of nitrogens with one attached hydrogen (secondary N) is 1. The van der Waals surface area contributed by atoms with Crippen LogP contribution < -0.4 is 10.4 Å². The van der Waals surface area contributed by atoms with Gasteiger partial charge >= 0.3 is 0 Å². The molecular formula is C23H28ClN5O2. The molecule has 0 spiro atoms. The predicted octanol–water partition coefficient (Wildman–Crippen LogP) is 2.73. The van der Waals surface area contributed by atoms with Crippen LogP contribution in [0.4, 0.5) is 5.69 Å². The van der Waals surface area contributed by atoms with Gasteiger partial charge in [0.2, 0.25) is 5.91 Å². The van der Waals surface area contributed by atoms with Crippen molar-refractivity contribution in [2.75, 3.05) is 37.7 Å². The van der Waals surface area contributed by atoms with Gasteiger partial charge in [0.1, 0.15) is 5.70 Å². The molecular weight excluding hydrogens is 414 g/mol. The van der Waals surface area contributed by atoms with E-state index in [1.807, 2.05) is 4.90 Å². The first kappa shape index (κ1) is 21.5. The van der Waals surface area contributed by atoms with Gasteiger partial charge in [-0.2, -0.15) is 0 Å². The average Bonchev–Trinajstić information content (AvgIpc) is 3.10. The van der Waals surface area contributed by atoms with Crippen molar-refractivity contribution in [3.63, 3.8) is 0 Å². The second-order valence-electron chi connectivity index (χ2n) is 8.04. The highest BCUT2D eigenvalue weighted by atomic mass is 35.5. The van der Waals surface area contributed by atoms with Gasteiger partial charge in [0, 0.05) is 62.1 Å². The largest absolute Gasteiger partial charge is 0.348 e. The Labute approximate surface area is 187 Å². The Bertz CT molecular complexity index is 970. The number of nitrogens with zero attached hydrogens (tertiary/aromatic N) is 4. The molecule has 3 heterocycles. The number of piperazine rings is 1. The number of benzene rings is 1. The molecule has 4 rings (SSSR count). The number of hydrazine groups is 1. The molecule has 0 radical (unpaired) electrons. The Balaban J connectivity index is 1.32. The minimum absolute atomic E-state index is 0.0665. The summed E-state index contributed by atoms with van der Waals surface area (Å²) in [6.45, 7) is 9.24. The average molecular weight is 442 g/mol. The monoisotopic (exact) mass is 441 g/mol. The van der Waals surface area contributed by atoms with Crippen LogP contribution in [0.5, 0.6) is 0 Å². The van der Waals surface area contributed by atoms with Crippen LogP contribution in [0.25, 0.3) is 0 Å². The smallest absolute Gasteiger partial charge is 0.271 e. The van der Waals surface area contributed by atoms with E-state index in [0.717, 1.165) is 26.2 Å². The first-order chi connectivity index (χ1) is 14.9. The topological polar surface area (TPSA) is 60.8 Å². The minimum atomic E-state index is -0.112. The summed E-state index contributed by atoms with van der Waals surface area (Å²) in [5.74, 6) is -0.178. The summed E-state index contributed by atoms with van der Waals surface area (Å²) in [5.41, 5.74) is 6.66. The highest BCUT2D eigenvalue weighted by Crippen LogP contribution is 2.21. The van der Waals surface area contributed by atoms with E-state index in [0.29, 0.717) is 29.5 Å². The van der Waals surface area contributed by atoms with E-state index in [4.69, 9.17) is 11.6 Å². The van der Waals surface area contributed by atoms with Crippen molar-refractivity contribution in [1.82, 2.24) is 19.8 Å². The molecule has 7 nitrogen and oxygen atoms in total. The minimum Gasteiger partial charge on any atom is -0.348 e. The van der Waals surface area contributed by atoms with Crippen molar-refractivity contribution < 1.29 is 9.59 Å². The lowest BCUT2D eigenvalue weighted by Crippen LogP contribution is -2.53. The van der Waals surface area contributed by atoms with Crippen LogP contribution in [-0.2, 0) is 16.1 Å². The second-order valence-corrected chi connectivity index (χ2v) is 8.48. The van der Waals surface area contributed by atoms with Crippen LogP contribution >= 0.6 is 11.6 Å². The van der Waals surface area contributed by atoms with Gasteiger partial charge in [0.05, 0.1) is 5.69 Å². The Hall–Kier alpha value is -2.77. The maximum Gasteiger partial charge on any atom is 0.271 e. The number of carbonyl (C=O) groups is 2. The molecule has 1 aromatic carbocycles. The van der Waals surface area contributed by atoms with E-state index in [-0.39, 0.29) is 18.2 Å². The Morgan fingerprint density at radius 2 is 1.61 bits per heavy atom. The molecule has 0 atom stereocenters. The van der Waals surface area contributed by atoms with Gasteiger partial charge in [-0.1, -0.05) is 11.6 Å². The van der Waals surface area contributed by atoms with Gasteiger partial charge in [-0.3, -0.25) is 19.9 Å².